The summed E-state index contributed by atoms with van der Waals surface area (Å²) in [6.45, 7) is 3.92. The van der Waals surface area contributed by atoms with Crippen LogP contribution in [0.1, 0.15) is 39.5 Å². The molecule has 0 N–H and O–H groups in total. The van der Waals surface area contributed by atoms with Crippen molar-refractivity contribution in [1.82, 2.24) is 0 Å². The van der Waals surface area contributed by atoms with E-state index >= 15 is 0 Å². The molecule has 0 spiro atoms. The van der Waals surface area contributed by atoms with Crippen LogP contribution < -0.4 is 0 Å². The number of carbonyl (C=O) groups excluding carboxylic acids is 1. The van der Waals surface area contributed by atoms with Gasteiger partial charge in [0.15, 0.2) is 12.2 Å². The molecule has 16 heavy (non-hydrogen) atoms. The Hall–Kier alpha value is -1.61. The van der Waals surface area contributed by atoms with Gasteiger partial charge in [-0.1, -0.05) is 38.5 Å². The Morgan fingerprint density at radius 2 is 1.44 bits per heavy atom. The second kappa shape index (κ2) is 8.68. The highest BCUT2D eigenvalue weighted by Crippen LogP contribution is 2.06. The molecule has 0 aromatic rings. The molecule has 0 aromatic carbocycles. The maximum Gasteiger partial charge on any atom is 0.510 e. The zero-order valence-electron chi connectivity index (χ0n) is 9.86. The molecular formula is C13H18O3. The fraction of sp³-hybridized carbons (Fsp3) is 0.615. The third-order valence-electron chi connectivity index (χ3n) is 1.95. The van der Waals surface area contributed by atoms with Gasteiger partial charge in [0.05, 0.1) is 0 Å². The molecule has 0 bridgehead atoms. The van der Waals surface area contributed by atoms with Gasteiger partial charge in [-0.05, 0) is 12.8 Å². The number of hydrogen-bond acceptors (Lipinski definition) is 3. The van der Waals surface area contributed by atoms with E-state index in [0.29, 0.717) is 12.8 Å². The Morgan fingerprint density at radius 3 is 1.69 bits per heavy atom. The zero-order valence-corrected chi connectivity index (χ0v) is 9.86. The SMILES string of the molecule is C#CC(CCC)OC(=O)OC(C#C)CCC. The average molecular weight is 222 g/mol. The summed E-state index contributed by atoms with van der Waals surface area (Å²) in [5.41, 5.74) is 0. The minimum absolute atomic E-state index is 0.530. The summed E-state index contributed by atoms with van der Waals surface area (Å²) in [5.74, 6) is 4.76. The lowest BCUT2D eigenvalue weighted by Gasteiger charge is -2.14. The molecular weight excluding hydrogens is 204 g/mol. The molecule has 0 aliphatic carbocycles. The molecule has 0 saturated carbocycles. The summed E-state index contributed by atoms with van der Waals surface area (Å²) in [4.78, 5) is 11.3. The Balaban J connectivity index is 4.06. The summed E-state index contributed by atoms with van der Waals surface area (Å²) in [7, 11) is 0. The lowest BCUT2D eigenvalue weighted by atomic mass is 10.2. The second-order valence-corrected chi connectivity index (χ2v) is 3.37. The van der Waals surface area contributed by atoms with Gasteiger partial charge in [-0.15, -0.1) is 12.8 Å². The highest BCUT2D eigenvalue weighted by atomic mass is 16.7. The van der Waals surface area contributed by atoms with Crippen LogP contribution in [0.3, 0.4) is 0 Å². The van der Waals surface area contributed by atoms with Gasteiger partial charge in [-0.3, -0.25) is 0 Å². The van der Waals surface area contributed by atoms with Crippen molar-refractivity contribution >= 4 is 6.16 Å². The molecule has 2 atom stereocenters. The molecule has 2 unspecified atom stereocenters. The van der Waals surface area contributed by atoms with Crippen molar-refractivity contribution in [2.24, 2.45) is 0 Å². The highest BCUT2D eigenvalue weighted by Gasteiger charge is 2.16. The summed E-state index contributed by atoms with van der Waals surface area (Å²) >= 11 is 0. The molecule has 0 saturated heterocycles. The van der Waals surface area contributed by atoms with Gasteiger partial charge < -0.3 is 9.47 Å². The zero-order chi connectivity index (χ0) is 12.4. The number of carbonyl (C=O) groups is 1. The molecule has 0 aliphatic rings. The fourth-order valence-corrected chi connectivity index (χ4v) is 1.14. The van der Waals surface area contributed by atoms with E-state index in [1.807, 2.05) is 13.8 Å². The van der Waals surface area contributed by atoms with E-state index in [-0.39, 0.29) is 0 Å². The van der Waals surface area contributed by atoms with Gasteiger partial charge in [0.1, 0.15) is 0 Å². The van der Waals surface area contributed by atoms with Crippen LogP contribution in [-0.4, -0.2) is 18.4 Å². The molecule has 0 aromatic heterocycles. The van der Waals surface area contributed by atoms with Crippen molar-refractivity contribution in [3.05, 3.63) is 0 Å². The van der Waals surface area contributed by atoms with Gasteiger partial charge in [0.25, 0.3) is 0 Å². The number of ether oxygens (including phenoxy) is 2. The van der Waals surface area contributed by atoms with Crippen LogP contribution in [0.2, 0.25) is 0 Å². The highest BCUT2D eigenvalue weighted by molar-refractivity contribution is 5.61. The van der Waals surface area contributed by atoms with Gasteiger partial charge >= 0.3 is 6.16 Å². The summed E-state index contributed by atoms with van der Waals surface area (Å²) in [6, 6.07) is 0. The minimum atomic E-state index is -0.784. The first-order valence-corrected chi connectivity index (χ1v) is 5.47. The van der Waals surface area contributed by atoms with E-state index in [2.05, 4.69) is 11.8 Å². The Kier molecular flexibility index (Phi) is 7.81. The largest absolute Gasteiger partial charge is 0.510 e. The van der Waals surface area contributed by atoms with Crippen molar-refractivity contribution in [3.63, 3.8) is 0 Å². The predicted molar refractivity (Wildman–Crippen MR) is 62.6 cm³/mol. The third kappa shape index (κ3) is 5.98. The molecule has 88 valence electrons. The molecule has 3 heteroatoms. The van der Waals surface area contributed by atoms with Gasteiger partial charge in [0.2, 0.25) is 0 Å². The fourth-order valence-electron chi connectivity index (χ4n) is 1.14. The standard InChI is InChI=1S/C13H18O3/c1-5-9-11(7-3)15-13(14)16-12(8-4)10-6-2/h3-4,11-12H,5-6,9-10H2,1-2H3. The molecule has 0 rings (SSSR count). The molecule has 0 aliphatic heterocycles. The lowest BCUT2D eigenvalue weighted by molar-refractivity contribution is 0.0219. The van der Waals surface area contributed by atoms with Crippen LogP contribution in [0.5, 0.6) is 0 Å². The molecule has 0 amide bonds. The first-order valence-electron chi connectivity index (χ1n) is 5.47. The van der Waals surface area contributed by atoms with Crippen LogP contribution in [-0.2, 0) is 9.47 Å². The predicted octanol–water partition coefficient (Wildman–Crippen LogP) is 2.74. The molecule has 0 heterocycles. The number of terminal acetylenes is 2. The van der Waals surface area contributed by atoms with Crippen LogP contribution in [0.25, 0.3) is 0 Å². The second-order valence-electron chi connectivity index (χ2n) is 3.37. The minimum Gasteiger partial charge on any atom is -0.418 e. The topological polar surface area (TPSA) is 35.5 Å². The first kappa shape index (κ1) is 14.4. The van der Waals surface area contributed by atoms with Gasteiger partial charge in [-0.2, -0.15) is 0 Å². The van der Waals surface area contributed by atoms with Crippen molar-refractivity contribution < 1.29 is 14.3 Å². The Labute approximate surface area is 97.5 Å². The Bertz CT molecular complexity index is 255. The smallest absolute Gasteiger partial charge is 0.418 e. The van der Waals surface area contributed by atoms with Crippen LogP contribution >= 0.6 is 0 Å². The van der Waals surface area contributed by atoms with Crippen LogP contribution in [0.15, 0.2) is 0 Å². The maximum absolute atomic E-state index is 11.3. The first-order chi connectivity index (χ1) is 7.67. The van der Waals surface area contributed by atoms with E-state index in [9.17, 15) is 4.79 Å². The molecule has 3 nitrogen and oxygen atoms in total. The summed E-state index contributed by atoms with van der Waals surface area (Å²) in [5, 5.41) is 0. The van der Waals surface area contributed by atoms with Crippen LogP contribution in [0.4, 0.5) is 4.79 Å². The van der Waals surface area contributed by atoms with E-state index in [0.717, 1.165) is 12.8 Å². The number of hydrogen-bond donors (Lipinski definition) is 0. The van der Waals surface area contributed by atoms with Crippen LogP contribution in [0, 0.1) is 24.7 Å². The van der Waals surface area contributed by atoms with E-state index in [1.165, 1.54) is 0 Å². The van der Waals surface area contributed by atoms with Crippen molar-refractivity contribution in [3.8, 4) is 24.7 Å². The Morgan fingerprint density at radius 1 is 1.06 bits per heavy atom. The van der Waals surface area contributed by atoms with Crippen molar-refractivity contribution in [2.45, 2.75) is 51.7 Å². The van der Waals surface area contributed by atoms with Crippen molar-refractivity contribution in [1.29, 1.82) is 0 Å². The van der Waals surface area contributed by atoms with E-state index in [4.69, 9.17) is 22.3 Å². The molecule has 0 radical (unpaired) electrons. The summed E-state index contributed by atoms with van der Waals surface area (Å²) < 4.78 is 9.85. The van der Waals surface area contributed by atoms with Gasteiger partial charge in [-0.25, -0.2) is 4.79 Å². The number of rotatable bonds is 6. The van der Waals surface area contributed by atoms with Gasteiger partial charge in [0, 0.05) is 0 Å². The van der Waals surface area contributed by atoms with Crippen molar-refractivity contribution in [2.75, 3.05) is 0 Å². The third-order valence-corrected chi connectivity index (χ3v) is 1.95. The summed E-state index contributed by atoms with van der Waals surface area (Å²) in [6.07, 6.45) is 11.5. The monoisotopic (exact) mass is 222 g/mol. The molecule has 0 fully saturated rings. The maximum atomic E-state index is 11.3. The van der Waals surface area contributed by atoms with E-state index < -0.39 is 18.4 Å². The normalized spacial score (nSPS) is 13.0. The quantitative estimate of drug-likeness (QED) is 0.512. The van der Waals surface area contributed by atoms with E-state index in [1.54, 1.807) is 0 Å². The lowest BCUT2D eigenvalue weighted by Crippen LogP contribution is -2.22. The average Bonchev–Trinajstić information content (AvgIpc) is 2.27.